The molecule has 11 heteroatoms. The third-order valence-corrected chi connectivity index (χ3v) is 10.1. The molecule has 2 aromatic heterocycles. The number of pyridine rings is 1. The van der Waals surface area contributed by atoms with Crippen molar-refractivity contribution in [3.8, 4) is 41.2 Å². The molecular formula is C34H30F2N6O3. The maximum Gasteiger partial charge on any atom is 0.319 e. The Kier molecular flexibility index (Phi) is 5.73. The molecule has 9 nitrogen and oxygen atoms in total. The molecule has 2 aromatic carbocycles. The minimum absolute atomic E-state index is 0.000703. The number of halogens is 2. The molecule has 3 fully saturated rings. The number of ether oxygens (including phenoxy) is 2. The van der Waals surface area contributed by atoms with Gasteiger partial charge in [-0.1, -0.05) is 24.1 Å². The first-order valence-electron chi connectivity index (χ1n) is 15.4. The predicted molar refractivity (Wildman–Crippen MR) is 165 cm³/mol. The summed E-state index contributed by atoms with van der Waals surface area (Å²) >= 11 is 0. The number of nitrogens with one attached hydrogen (secondary N) is 1. The van der Waals surface area contributed by atoms with Gasteiger partial charge in [-0.2, -0.15) is 9.97 Å². The van der Waals surface area contributed by atoms with Crippen LogP contribution < -0.4 is 19.7 Å². The molecule has 1 unspecified atom stereocenters. The van der Waals surface area contributed by atoms with Crippen molar-refractivity contribution >= 4 is 27.5 Å². The quantitative estimate of drug-likeness (QED) is 0.326. The maximum atomic E-state index is 17.0. The van der Waals surface area contributed by atoms with Crippen LogP contribution in [0.25, 0.3) is 32.9 Å². The first-order valence-corrected chi connectivity index (χ1v) is 15.4. The van der Waals surface area contributed by atoms with Crippen LogP contribution in [0, 0.1) is 18.2 Å². The number of piperazine rings is 1. The number of aromatic nitrogens is 3. The van der Waals surface area contributed by atoms with E-state index in [2.05, 4.69) is 32.1 Å². The Morgan fingerprint density at radius 3 is 3.00 bits per heavy atom. The molecule has 4 aromatic rings. The Bertz CT molecular complexity index is 2000. The van der Waals surface area contributed by atoms with E-state index in [1.54, 1.807) is 24.3 Å². The van der Waals surface area contributed by atoms with Gasteiger partial charge in [-0.05, 0) is 49.4 Å². The van der Waals surface area contributed by atoms with Crippen LogP contribution in [0.1, 0.15) is 31.2 Å². The summed E-state index contributed by atoms with van der Waals surface area (Å²) in [6.07, 6.45) is 10.2. The van der Waals surface area contributed by atoms with Gasteiger partial charge in [0.25, 0.3) is 0 Å². The molecule has 5 aliphatic rings. The van der Waals surface area contributed by atoms with Gasteiger partial charge < -0.3 is 24.8 Å². The number of benzene rings is 2. The van der Waals surface area contributed by atoms with E-state index in [1.807, 2.05) is 0 Å². The van der Waals surface area contributed by atoms with Crippen molar-refractivity contribution in [2.24, 2.45) is 0 Å². The number of phenolic OH excluding ortho intramolecular Hbond substituents is 1. The summed E-state index contributed by atoms with van der Waals surface area (Å²) in [5.41, 5.74) is 1.43. The maximum absolute atomic E-state index is 17.0. The Morgan fingerprint density at radius 2 is 2.11 bits per heavy atom. The van der Waals surface area contributed by atoms with Gasteiger partial charge in [-0.3, -0.25) is 4.90 Å². The highest BCUT2D eigenvalue weighted by molar-refractivity contribution is 6.04. The fourth-order valence-corrected chi connectivity index (χ4v) is 8.10. The third kappa shape index (κ3) is 3.98. The van der Waals surface area contributed by atoms with Gasteiger partial charge in [0.1, 0.15) is 53.6 Å². The standard InChI is InChI=1S/C34H30F2N6O3/c1-2-18-5-3-6-19-11-22(43)12-23(26(18)19)29-28(36)30-27-31(42-15-21-7-8-24(37-21)25(42)16-44-32(27)38-29)40-33(39-30)45-17-34-9-4-10-41(34)14-20(35)13-34/h1,3,5-6,8,11-12,20-21,25,37,43H,4,7,9-10,13-17H2/t20-,21?,25-,34-/m1/s1. The van der Waals surface area contributed by atoms with Crippen LogP contribution in [0.4, 0.5) is 14.6 Å². The fraction of sp³-hybridized carbons (Fsp3) is 0.382. The molecule has 2 bridgehead atoms. The van der Waals surface area contributed by atoms with E-state index in [-0.39, 0.29) is 54.1 Å². The SMILES string of the molecule is C#Cc1cccc2cc(O)cc(-c3nc4c5c(nc(OC[C@]67CCCN6C[C@H](F)C7)nc5c3F)N3CC5CC=C(N5)[C@H]3CO4)c12. The lowest BCUT2D eigenvalue weighted by atomic mass is 9.95. The summed E-state index contributed by atoms with van der Waals surface area (Å²) in [6.45, 7) is 2.33. The van der Waals surface area contributed by atoms with Gasteiger partial charge in [0.15, 0.2) is 5.82 Å². The Morgan fingerprint density at radius 1 is 1.20 bits per heavy atom. The molecular weight excluding hydrogens is 578 g/mol. The van der Waals surface area contributed by atoms with Crippen molar-refractivity contribution in [2.45, 2.75) is 49.5 Å². The smallest absolute Gasteiger partial charge is 0.319 e. The molecule has 4 atom stereocenters. The zero-order chi connectivity index (χ0) is 30.4. The molecule has 7 heterocycles. The van der Waals surface area contributed by atoms with E-state index in [0.29, 0.717) is 52.6 Å². The number of aromatic hydroxyl groups is 1. The summed E-state index contributed by atoms with van der Waals surface area (Å²) in [4.78, 5) is 18.5. The van der Waals surface area contributed by atoms with E-state index in [4.69, 9.17) is 25.9 Å². The number of fused-ring (bicyclic) bond motifs is 7. The van der Waals surface area contributed by atoms with Crippen molar-refractivity contribution in [1.29, 1.82) is 0 Å². The summed E-state index contributed by atoms with van der Waals surface area (Å²) in [5, 5.41) is 15.8. The highest BCUT2D eigenvalue weighted by Gasteiger charge is 2.49. The van der Waals surface area contributed by atoms with E-state index in [0.717, 1.165) is 31.5 Å². The number of phenols is 1. The van der Waals surface area contributed by atoms with E-state index in [9.17, 15) is 9.50 Å². The van der Waals surface area contributed by atoms with E-state index in [1.165, 1.54) is 6.07 Å². The van der Waals surface area contributed by atoms with Crippen molar-refractivity contribution in [3.05, 3.63) is 53.5 Å². The molecule has 5 aliphatic heterocycles. The molecule has 228 valence electrons. The second-order valence-corrected chi connectivity index (χ2v) is 12.8. The Balaban J connectivity index is 1.24. The van der Waals surface area contributed by atoms with Crippen molar-refractivity contribution in [1.82, 2.24) is 25.2 Å². The van der Waals surface area contributed by atoms with Crippen LogP contribution in [-0.2, 0) is 0 Å². The molecule has 45 heavy (non-hydrogen) atoms. The highest BCUT2D eigenvalue weighted by Crippen LogP contribution is 2.45. The van der Waals surface area contributed by atoms with Crippen LogP contribution in [0.5, 0.6) is 17.6 Å². The van der Waals surface area contributed by atoms with Crippen molar-refractivity contribution < 1.29 is 23.4 Å². The fourth-order valence-electron chi connectivity index (χ4n) is 8.10. The van der Waals surface area contributed by atoms with Gasteiger partial charge in [0.2, 0.25) is 5.88 Å². The number of rotatable bonds is 4. The minimum Gasteiger partial charge on any atom is -0.508 e. The summed E-state index contributed by atoms with van der Waals surface area (Å²) in [7, 11) is 0. The predicted octanol–water partition coefficient (Wildman–Crippen LogP) is 4.45. The van der Waals surface area contributed by atoms with E-state index < -0.39 is 17.5 Å². The molecule has 0 aliphatic carbocycles. The number of hydrogen-bond donors (Lipinski definition) is 2. The van der Waals surface area contributed by atoms with Gasteiger partial charge in [0.05, 0.1) is 5.54 Å². The molecule has 0 spiro atoms. The second kappa shape index (κ2) is 9.65. The average molecular weight is 609 g/mol. The van der Waals surface area contributed by atoms with Crippen LogP contribution in [0.15, 0.2) is 42.1 Å². The molecule has 3 saturated heterocycles. The first-order chi connectivity index (χ1) is 21.9. The zero-order valence-electron chi connectivity index (χ0n) is 24.4. The minimum atomic E-state index is -0.905. The van der Waals surface area contributed by atoms with Crippen molar-refractivity contribution in [3.63, 3.8) is 0 Å². The Labute approximate surface area is 257 Å². The van der Waals surface area contributed by atoms with Gasteiger partial charge >= 0.3 is 6.01 Å². The second-order valence-electron chi connectivity index (χ2n) is 12.8. The van der Waals surface area contributed by atoms with E-state index >= 15 is 4.39 Å². The normalized spacial score (nSPS) is 26.6. The highest BCUT2D eigenvalue weighted by atomic mass is 19.1. The zero-order valence-corrected chi connectivity index (χ0v) is 24.4. The largest absolute Gasteiger partial charge is 0.508 e. The monoisotopic (exact) mass is 608 g/mol. The van der Waals surface area contributed by atoms with Gasteiger partial charge in [-0.15, -0.1) is 6.42 Å². The van der Waals surface area contributed by atoms with Crippen molar-refractivity contribution in [2.75, 3.05) is 37.7 Å². The number of hydrogen-bond acceptors (Lipinski definition) is 9. The Hall–Kier alpha value is -4.69. The van der Waals surface area contributed by atoms with Gasteiger partial charge in [0, 0.05) is 47.8 Å². The van der Waals surface area contributed by atoms with Gasteiger partial charge in [-0.25, -0.2) is 13.8 Å². The lowest BCUT2D eigenvalue weighted by Crippen LogP contribution is -2.54. The van der Waals surface area contributed by atoms with Crippen LogP contribution in [0.2, 0.25) is 0 Å². The number of terminal acetylenes is 1. The van der Waals surface area contributed by atoms with Crippen LogP contribution in [-0.4, -0.2) is 81.6 Å². The van der Waals surface area contributed by atoms with Crippen LogP contribution >= 0.6 is 0 Å². The topological polar surface area (TPSA) is 95.9 Å². The molecule has 9 rings (SSSR count). The number of anilines is 1. The lowest BCUT2D eigenvalue weighted by molar-refractivity contribution is 0.107. The molecule has 0 radical (unpaired) electrons. The molecule has 0 amide bonds. The molecule has 2 N–H and O–H groups in total. The summed E-state index contributed by atoms with van der Waals surface area (Å²) in [5.74, 6) is 2.61. The summed E-state index contributed by atoms with van der Waals surface area (Å²) in [6, 6.07) is 8.44. The lowest BCUT2D eigenvalue weighted by Gasteiger charge is -2.38. The first kappa shape index (κ1) is 26.7. The average Bonchev–Trinajstić information content (AvgIpc) is 3.67. The van der Waals surface area contributed by atoms with Crippen LogP contribution in [0.3, 0.4) is 0 Å². The number of alkyl halides is 1. The number of nitrogens with zero attached hydrogens (tertiary/aromatic N) is 5. The third-order valence-electron chi connectivity index (χ3n) is 10.1. The molecule has 0 saturated carbocycles. The summed E-state index contributed by atoms with van der Waals surface area (Å²) < 4.78 is 44.1.